The van der Waals surface area contributed by atoms with Crippen LogP contribution in [0.5, 0.6) is 0 Å². The molecule has 0 bridgehead atoms. The van der Waals surface area contributed by atoms with Crippen LogP contribution >= 0.6 is 0 Å². The van der Waals surface area contributed by atoms with E-state index >= 15 is 0 Å². The van der Waals surface area contributed by atoms with Crippen LogP contribution in [0.25, 0.3) is 0 Å². The molecule has 0 heterocycles. The molecule has 0 spiro atoms. The number of carbonyl (C=O) groups excluding carboxylic acids is 2. The first-order valence-corrected chi connectivity index (χ1v) is 22.6. The number of esters is 2. The van der Waals surface area contributed by atoms with Crippen LogP contribution in [0.3, 0.4) is 0 Å². The number of ether oxygens (including phenoxy) is 2. The van der Waals surface area contributed by atoms with Crippen molar-refractivity contribution in [3.05, 3.63) is 0 Å². The zero-order valence-corrected chi connectivity index (χ0v) is 33.9. The first-order chi connectivity index (χ1) is 25.0. The van der Waals surface area contributed by atoms with Crippen molar-refractivity contribution < 1.29 is 29.0 Å². The van der Waals surface area contributed by atoms with Crippen LogP contribution in [0.4, 0.5) is 0 Å². The quantitative estimate of drug-likeness (QED) is 0.0507. The molecule has 3 unspecified atom stereocenters. The number of carbonyl (C=O) groups is 3. The third-order valence-corrected chi connectivity index (χ3v) is 11.3. The fourth-order valence-electron chi connectivity index (χ4n) is 7.92. The Morgan fingerprint density at radius 3 is 1.00 bits per heavy atom. The Hall–Kier alpha value is -1.59. The van der Waals surface area contributed by atoms with Crippen LogP contribution in [0.15, 0.2) is 0 Å². The SMILES string of the molecule is CCCCCCCCCCCCCCCCCCOC(=O)C1CCCC(C(=O)O)C1C(=O)OCCCCCCCCCCCCCCCCCC. The van der Waals surface area contributed by atoms with E-state index in [1.54, 1.807) is 0 Å². The maximum atomic E-state index is 13.1. The largest absolute Gasteiger partial charge is 0.481 e. The molecule has 1 aliphatic carbocycles. The molecule has 0 aromatic rings. The highest BCUT2D eigenvalue weighted by molar-refractivity contribution is 5.87. The highest BCUT2D eigenvalue weighted by Gasteiger charge is 2.47. The Kier molecular flexibility index (Phi) is 33.0. The second kappa shape index (κ2) is 35.4. The van der Waals surface area contributed by atoms with Crippen LogP contribution in [-0.4, -0.2) is 36.2 Å². The van der Waals surface area contributed by atoms with Crippen molar-refractivity contribution in [3.63, 3.8) is 0 Å². The molecule has 300 valence electrons. The van der Waals surface area contributed by atoms with E-state index in [1.807, 2.05) is 0 Å². The lowest BCUT2D eigenvalue weighted by Gasteiger charge is -2.33. The Bertz CT molecular complexity index is 813. The van der Waals surface area contributed by atoms with Gasteiger partial charge < -0.3 is 14.6 Å². The predicted octanol–water partition coefficient (Wildman–Crippen LogP) is 13.7. The summed E-state index contributed by atoms with van der Waals surface area (Å²) in [6, 6.07) is 0. The second-order valence-electron chi connectivity index (χ2n) is 15.9. The van der Waals surface area contributed by atoms with Crippen LogP contribution in [0.1, 0.15) is 239 Å². The molecule has 1 aliphatic rings. The minimum atomic E-state index is -1.02. The van der Waals surface area contributed by atoms with Crippen molar-refractivity contribution in [1.82, 2.24) is 0 Å². The van der Waals surface area contributed by atoms with E-state index in [0.29, 0.717) is 32.5 Å². The molecular formula is C45H84O6. The third kappa shape index (κ3) is 26.8. The summed E-state index contributed by atoms with van der Waals surface area (Å²) in [4.78, 5) is 38.2. The molecule has 6 heteroatoms. The van der Waals surface area contributed by atoms with E-state index in [4.69, 9.17) is 9.47 Å². The van der Waals surface area contributed by atoms with Gasteiger partial charge in [0.05, 0.1) is 31.0 Å². The number of aliphatic carboxylic acids is 1. The molecule has 1 saturated carbocycles. The van der Waals surface area contributed by atoms with Crippen molar-refractivity contribution in [3.8, 4) is 0 Å². The Morgan fingerprint density at radius 1 is 0.412 bits per heavy atom. The van der Waals surface area contributed by atoms with Gasteiger partial charge in [-0.25, -0.2) is 0 Å². The van der Waals surface area contributed by atoms with Gasteiger partial charge in [0.1, 0.15) is 0 Å². The first kappa shape index (κ1) is 47.4. The lowest BCUT2D eigenvalue weighted by atomic mass is 9.72. The molecule has 1 N–H and O–H groups in total. The van der Waals surface area contributed by atoms with Gasteiger partial charge in [0.2, 0.25) is 0 Å². The lowest BCUT2D eigenvalue weighted by molar-refractivity contribution is -0.170. The summed E-state index contributed by atoms with van der Waals surface area (Å²) < 4.78 is 11.2. The first-order valence-electron chi connectivity index (χ1n) is 22.6. The summed E-state index contributed by atoms with van der Waals surface area (Å²) >= 11 is 0. The molecule has 3 atom stereocenters. The second-order valence-corrected chi connectivity index (χ2v) is 15.9. The van der Waals surface area contributed by atoms with Gasteiger partial charge >= 0.3 is 17.9 Å². The van der Waals surface area contributed by atoms with Gasteiger partial charge in [-0.1, -0.05) is 213 Å². The van der Waals surface area contributed by atoms with Crippen molar-refractivity contribution in [2.24, 2.45) is 17.8 Å². The smallest absolute Gasteiger partial charge is 0.310 e. The zero-order chi connectivity index (χ0) is 37.0. The van der Waals surface area contributed by atoms with Gasteiger partial charge in [-0.15, -0.1) is 0 Å². The molecule has 0 aliphatic heterocycles. The van der Waals surface area contributed by atoms with Crippen LogP contribution in [-0.2, 0) is 23.9 Å². The Labute approximate surface area is 315 Å². The maximum Gasteiger partial charge on any atom is 0.310 e. The molecule has 0 aromatic heterocycles. The molecular weight excluding hydrogens is 636 g/mol. The van der Waals surface area contributed by atoms with Crippen molar-refractivity contribution in [1.29, 1.82) is 0 Å². The number of hydrogen-bond acceptors (Lipinski definition) is 5. The average molecular weight is 721 g/mol. The topological polar surface area (TPSA) is 89.9 Å². The van der Waals surface area contributed by atoms with Gasteiger partial charge in [-0.3, -0.25) is 14.4 Å². The Morgan fingerprint density at radius 2 is 0.686 bits per heavy atom. The fourth-order valence-corrected chi connectivity index (χ4v) is 7.92. The van der Waals surface area contributed by atoms with Gasteiger partial charge in [0.25, 0.3) is 0 Å². The summed E-state index contributed by atoms with van der Waals surface area (Å²) in [6.45, 7) is 5.17. The number of unbranched alkanes of at least 4 members (excludes halogenated alkanes) is 30. The molecule has 0 aromatic carbocycles. The summed E-state index contributed by atoms with van der Waals surface area (Å²) in [5, 5.41) is 9.85. The normalized spacial score (nSPS) is 17.4. The van der Waals surface area contributed by atoms with Crippen LogP contribution < -0.4 is 0 Å². The molecule has 0 saturated heterocycles. The fraction of sp³-hybridized carbons (Fsp3) is 0.933. The third-order valence-electron chi connectivity index (χ3n) is 11.3. The number of rotatable bonds is 37. The summed E-state index contributed by atoms with van der Waals surface area (Å²) in [7, 11) is 0. The van der Waals surface area contributed by atoms with E-state index < -0.39 is 35.7 Å². The summed E-state index contributed by atoms with van der Waals surface area (Å²) in [5.41, 5.74) is 0. The van der Waals surface area contributed by atoms with Crippen LogP contribution in [0, 0.1) is 17.8 Å². The van der Waals surface area contributed by atoms with E-state index in [1.165, 1.54) is 167 Å². The van der Waals surface area contributed by atoms with E-state index in [9.17, 15) is 19.5 Å². The Balaban J connectivity index is 2.11. The lowest BCUT2D eigenvalue weighted by Crippen LogP contribution is -2.43. The van der Waals surface area contributed by atoms with Gasteiger partial charge in [-0.05, 0) is 25.7 Å². The minimum Gasteiger partial charge on any atom is -0.481 e. The number of hydrogen-bond donors (Lipinski definition) is 1. The average Bonchev–Trinajstić information content (AvgIpc) is 3.13. The van der Waals surface area contributed by atoms with E-state index in [2.05, 4.69) is 13.8 Å². The van der Waals surface area contributed by atoms with Crippen molar-refractivity contribution in [2.75, 3.05) is 13.2 Å². The number of carboxylic acid groups (broad SMARTS) is 1. The van der Waals surface area contributed by atoms with Gasteiger partial charge in [0.15, 0.2) is 0 Å². The number of carboxylic acids is 1. The molecule has 0 amide bonds. The van der Waals surface area contributed by atoms with E-state index in [0.717, 1.165) is 38.5 Å². The predicted molar refractivity (Wildman–Crippen MR) is 213 cm³/mol. The monoisotopic (exact) mass is 721 g/mol. The molecule has 1 fully saturated rings. The standard InChI is InChI=1S/C45H84O6/c1-3-5-7-9-11-13-15-17-19-21-23-25-27-29-31-33-38-50-44(48)41-37-35-36-40(43(46)47)42(41)45(49)51-39-34-32-30-28-26-24-22-20-18-16-14-12-10-8-6-4-2/h40-42H,3-39H2,1-2H3,(H,46,47). The molecule has 51 heavy (non-hydrogen) atoms. The van der Waals surface area contributed by atoms with E-state index in [-0.39, 0.29) is 0 Å². The van der Waals surface area contributed by atoms with Crippen molar-refractivity contribution in [2.45, 2.75) is 239 Å². The maximum absolute atomic E-state index is 13.1. The van der Waals surface area contributed by atoms with Crippen molar-refractivity contribution >= 4 is 17.9 Å². The summed E-state index contributed by atoms with van der Waals surface area (Å²) in [6.07, 6.45) is 42.6. The minimum absolute atomic E-state index is 0.293. The van der Waals surface area contributed by atoms with Gasteiger partial charge in [0, 0.05) is 0 Å². The summed E-state index contributed by atoms with van der Waals surface area (Å²) in [5.74, 6) is -4.53. The zero-order valence-electron chi connectivity index (χ0n) is 33.9. The highest BCUT2D eigenvalue weighted by Crippen LogP contribution is 2.37. The molecule has 1 rings (SSSR count). The molecule has 0 radical (unpaired) electrons. The van der Waals surface area contributed by atoms with Gasteiger partial charge in [-0.2, -0.15) is 0 Å². The molecule has 6 nitrogen and oxygen atoms in total. The van der Waals surface area contributed by atoms with Crippen LogP contribution in [0.2, 0.25) is 0 Å². The highest BCUT2D eigenvalue weighted by atomic mass is 16.5.